The second-order valence-electron chi connectivity index (χ2n) is 7.23. The smallest absolute Gasteiger partial charge is 0.251 e. The molecule has 4 rings (SSSR count). The quantitative estimate of drug-likeness (QED) is 0.593. The zero-order valence-electron chi connectivity index (χ0n) is 16.2. The highest BCUT2D eigenvalue weighted by Gasteiger charge is 2.28. The van der Waals surface area contributed by atoms with E-state index >= 15 is 0 Å². The number of rotatable bonds is 7. The first-order chi connectivity index (χ1) is 13.1. The summed E-state index contributed by atoms with van der Waals surface area (Å²) in [5.74, 6) is 1.08. The Labute approximate surface area is 182 Å². The number of fused-ring (bicyclic) bond motifs is 1. The van der Waals surface area contributed by atoms with Gasteiger partial charge in [-0.1, -0.05) is 12.1 Å². The van der Waals surface area contributed by atoms with E-state index in [9.17, 15) is 4.79 Å². The zero-order chi connectivity index (χ0) is 18.8. The van der Waals surface area contributed by atoms with Crippen LogP contribution in [-0.4, -0.2) is 27.9 Å². The molecule has 8 heteroatoms. The van der Waals surface area contributed by atoms with Crippen molar-refractivity contribution in [2.24, 2.45) is 11.7 Å². The van der Waals surface area contributed by atoms with Gasteiger partial charge < -0.3 is 20.2 Å². The summed E-state index contributed by atoms with van der Waals surface area (Å²) >= 11 is 0. The molecule has 3 N–H and O–H groups in total. The molecular weight excluding hydrogens is 411 g/mol. The Morgan fingerprint density at radius 3 is 2.83 bits per heavy atom. The molecule has 1 aliphatic rings. The maximum Gasteiger partial charge on any atom is 0.251 e. The summed E-state index contributed by atoms with van der Waals surface area (Å²) in [5, 5.41) is 2.91. The van der Waals surface area contributed by atoms with Gasteiger partial charge in [0.15, 0.2) is 0 Å². The fraction of sp³-hybridized carbons (Fsp3) is 0.333. The summed E-state index contributed by atoms with van der Waals surface area (Å²) in [6.07, 6.45) is 6.33. The van der Waals surface area contributed by atoms with Gasteiger partial charge in [-0.3, -0.25) is 4.79 Å². The Kier molecular flexibility index (Phi) is 7.90. The molecule has 1 saturated carbocycles. The molecule has 1 fully saturated rings. The lowest BCUT2D eigenvalue weighted by atomic mass is 10.1. The maximum atomic E-state index is 12.3. The zero-order valence-corrected chi connectivity index (χ0v) is 17.8. The number of halogens is 2. The van der Waals surface area contributed by atoms with Crippen LogP contribution in [-0.2, 0) is 6.61 Å². The first kappa shape index (κ1) is 23.0. The number of hydrogen-bond donors (Lipinski definition) is 2. The number of nitrogens with two attached hydrogens (primary N) is 1. The summed E-state index contributed by atoms with van der Waals surface area (Å²) < 4.78 is 7.82. The number of carbonyl (C=O) groups excluding carboxylic acids is 1. The molecule has 0 aliphatic heterocycles. The fourth-order valence-corrected chi connectivity index (χ4v) is 3.11. The van der Waals surface area contributed by atoms with E-state index in [1.807, 2.05) is 48.0 Å². The van der Waals surface area contributed by atoms with Gasteiger partial charge in [-0.25, -0.2) is 4.98 Å². The largest absolute Gasteiger partial charge is 0.487 e. The van der Waals surface area contributed by atoms with Gasteiger partial charge >= 0.3 is 0 Å². The molecule has 1 aliphatic carbocycles. The minimum atomic E-state index is -0.125. The second kappa shape index (κ2) is 9.96. The van der Waals surface area contributed by atoms with E-state index in [2.05, 4.69) is 10.3 Å². The van der Waals surface area contributed by atoms with Gasteiger partial charge in [0.25, 0.3) is 5.91 Å². The number of amides is 1. The van der Waals surface area contributed by atoms with E-state index in [4.69, 9.17) is 10.5 Å². The maximum absolute atomic E-state index is 12.3. The average molecular weight is 437 g/mol. The Balaban J connectivity index is 0.00000150. The first-order valence-corrected chi connectivity index (χ1v) is 9.29. The van der Waals surface area contributed by atoms with Crippen molar-refractivity contribution in [3.8, 4) is 5.75 Å². The third-order valence-corrected chi connectivity index (χ3v) is 4.86. The molecule has 1 amide bonds. The van der Waals surface area contributed by atoms with Crippen LogP contribution >= 0.6 is 24.8 Å². The minimum Gasteiger partial charge on any atom is -0.487 e. The summed E-state index contributed by atoms with van der Waals surface area (Å²) in [6.45, 7) is 2.90. The number of imidazole rings is 1. The van der Waals surface area contributed by atoms with Gasteiger partial charge in [-0.05, 0) is 55.5 Å². The lowest BCUT2D eigenvalue weighted by Gasteiger charge is -2.12. The normalized spacial score (nSPS) is 13.9. The van der Waals surface area contributed by atoms with Gasteiger partial charge in [0.05, 0.1) is 5.69 Å². The number of aryl methyl sites for hydroxylation is 1. The van der Waals surface area contributed by atoms with E-state index < -0.39 is 0 Å². The van der Waals surface area contributed by atoms with Gasteiger partial charge in [0.2, 0.25) is 0 Å². The number of benzene rings is 1. The van der Waals surface area contributed by atoms with Crippen LogP contribution in [0.1, 0.15) is 34.5 Å². The number of hydrogen-bond acceptors (Lipinski definition) is 4. The molecule has 1 unspecified atom stereocenters. The van der Waals surface area contributed by atoms with Crippen molar-refractivity contribution in [1.82, 2.24) is 14.7 Å². The number of ether oxygens (including phenoxy) is 1. The number of pyridine rings is 1. The van der Waals surface area contributed by atoms with Crippen molar-refractivity contribution in [3.63, 3.8) is 0 Å². The van der Waals surface area contributed by atoms with Crippen molar-refractivity contribution in [2.45, 2.75) is 32.4 Å². The lowest BCUT2D eigenvalue weighted by Crippen LogP contribution is -2.38. The summed E-state index contributed by atoms with van der Waals surface area (Å²) in [5.41, 5.74) is 9.51. The van der Waals surface area contributed by atoms with Crippen molar-refractivity contribution in [3.05, 3.63) is 65.6 Å². The minimum absolute atomic E-state index is 0. The summed E-state index contributed by atoms with van der Waals surface area (Å²) in [7, 11) is 0. The molecule has 2 heterocycles. The van der Waals surface area contributed by atoms with Crippen molar-refractivity contribution in [1.29, 1.82) is 0 Å². The fourth-order valence-electron chi connectivity index (χ4n) is 3.11. The lowest BCUT2D eigenvalue weighted by molar-refractivity contribution is 0.0950. The molecule has 2 aromatic heterocycles. The Bertz CT molecular complexity index is 972. The van der Waals surface area contributed by atoms with Crippen molar-refractivity contribution >= 4 is 36.4 Å². The van der Waals surface area contributed by atoms with Crippen molar-refractivity contribution in [2.75, 3.05) is 6.54 Å². The highest BCUT2D eigenvalue weighted by atomic mass is 35.5. The van der Waals surface area contributed by atoms with E-state index in [1.54, 1.807) is 12.1 Å². The molecule has 6 nitrogen and oxygen atoms in total. The highest BCUT2D eigenvalue weighted by Crippen LogP contribution is 2.31. The third kappa shape index (κ3) is 5.85. The molecule has 3 aromatic rings. The molecule has 0 radical (unpaired) electrons. The van der Waals surface area contributed by atoms with Crippen LogP contribution in [0.2, 0.25) is 0 Å². The molecule has 0 saturated heterocycles. The number of nitrogens with zero attached hydrogens (tertiary/aromatic N) is 2. The predicted octanol–water partition coefficient (Wildman–Crippen LogP) is 3.53. The first-order valence-electron chi connectivity index (χ1n) is 9.29. The van der Waals surface area contributed by atoms with Gasteiger partial charge in [-0.2, -0.15) is 0 Å². The average Bonchev–Trinajstić information content (AvgIpc) is 3.45. The molecular formula is C21H26Cl2N4O2. The summed E-state index contributed by atoms with van der Waals surface area (Å²) in [6, 6.07) is 11.2. The molecule has 1 atom stereocenters. The molecule has 0 bridgehead atoms. The molecule has 29 heavy (non-hydrogen) atoms. The van der Waals surface area contributed by atoms with Crippen LogP contribution in [0.15, 0.2) is 48.8 Å². The van der Waals surface area contributed by atoms with Crippen LogP contribution in [0.4, 0.5) is 0 Å². The Morgan fingerprint density at radius 1 is 1.28 bits per heavy atom. The summed E-state index contributed by atoms with van der Waals surface area (Å²) in [4.78, 5) is 16.9. The van der Waals surface area contributed by atoms with Gasteiger partial charge in [0.1, 0.15) is 18.0 Å². The molecule has 0 spiro atoms. The van der Waals surface area contributed by atoms with Crippen molar-refractivity contribution < 1.29 is 9.53 Å². The van der Waals surface area contributed by atoms with Gasteiger partial charge in [0, 0.05) is 30.5 Å². The topological polar surface area (TPSA) is 81.6 Å². The third-order valence-electron chi connectivity index (χ3n) is 4.86. The van der Waals surface area contributed by atoms with Gasteiger partial charge in [-0.15, -0.1) is 24.8 Å². The van der Waals surface area contributed by atoms with Crippen LogP contribution in [0.3, 0.4) is 0 Å². The van der Waals surface area contributed by atoms with Crippen LogP contribution in [0.5, 0.6) is 5.75 Å². The standard InChI is InChI=1S/C21H24N4O2.2ClH/c1-14-5-8-20-24-17(12-25(20)11-14)13-27-18-4-2-3-16(9-18)21(26)23-10-19(22)15-6-7-15;;/h2-5,8-9,11-12,15,19H,6-7,10,13,22H2,1H3,(H,23,26);2*1H. The van der Waals surface area contributed by atoms with Crippen LogP contribution in [0, 0.1) is 12.8 Å². The molecule has 156 valence electrons. The Morgan fingerprint density at radius 2 is 2.07 bits per heavy atom. The number of nitrogens with one attached hydrogen (secondary N) is 1. The number of carbonyl (C=O) groups is 1. The van der Waals surface area contributed by atoms with E-state index in [-0.39, 0.29) is 36.8 Å². The second-order valence-corrected chi connectivity index (χ2v) is 7.23. The Hall–Kier alpha value is -2.28. The molecule has 1 aromatic carbocycles. The monoisotopic (exact) mass is 436 g/mol. The predicted molar refractivity (Wildman–Crippen MR) is 118 cm³/mol. The highest BCUT2D eigenvalue weighted by molar-refractivity contribution is 5.94. The SMILES string of the molecule is Cc1ccc2nc(COc3cccc(C(=O)NCC(N)C4CC4)c3)cn2c1.Cl.Cl. The van der Waals surface area contributed by atoms with Crippen LogP contribution in [0.25, 0.3) is 5.65 Å². The van der Waals surface area contributed by atoms with E-state index in [1.165, 1.54) is 18.4 Å². The number of aromatic nitrogens is 2. The van der Waals surface area contributed by atoms with E-state index in [0.29, 0.717) is 30.4 Å². The van der Waals surface area contributed by atoms with Crippen LogP contribution < -0.4 is 15.8 Å². The van der Waals surface area contributed by atoms with E-state index in [0.717, 1.165) is 11.3 Å².